The van der Waals surface area contributed by atoms with Gasteiger partial charge in [0.25, 0.3) is 0 Å². The van der Waals surface area contributed by atoms with E-state index in [4.69, 9.17) is 28.5 Å². The van der Waals surface area contributed by atoms with Crippen LogP contribution < -0.4 is 10.2 Å². The number of benzene rings is 2. The molecule has 7 heteroatoms. The molecule has 0 aromatic heterocycles. The lowest BCUT2D eigenvalue weighted by atomic mass is 10.2. The summed E-state index contributed by atoms with van der Waals surface area (Å²) in [6, 6.07) is 14.2. The molecule has 2 aromatic rings. The van der Waals surface area contributed by atoms with Crippen LogP contribution in [0.1, 0.15) is 5.56 Å². The molecule has 1 fully saturated rings. The minimum Gasteiger partial charge on any atom is -0.368 e. The van der Waals surface area contributed by atoms with Gasteiger partial charge in [-0.25, -0.2) is 4.79 Å². The highest BCUT2D eigenvalue weighted by Gasteiger charge is 2.21. The summed E-state index contributed by atoms with van der Waals surface area (Å²) in [5.74, 6) is 0. The molecular weight excluding hydrogens is 359 g/mol. The zero-order valence-corrected chi connectivity index (χ0v) is 14.9. The molecule has 0 atom stereocenters. The molecule has 2 aromatic carbocycles. The third-order valence-electron chi connectivity index (χ3n) is 4.04. The van der Waals surface area contributed by atoms with Crippen molar-refractivity contribution in [2.24, 2.45) is 0 Å². The summed E-state index contributed by atoms with van der Waals surface area (Å²) in [7, 11) is 0. The molecule has 0 radical (unpaired) electrons. The van der Waals surface area contributed by atoms with Crippen LogP contribution in [0.15, 0.2) is 42.5 Å². The number of carbonyl (C=O) groups is 1. The lowest BCUT2D eigenvalue weighted by molar-refractivity contribution is 0.208. The first kappa shape index (κ1) is 17.4. The van der Waals surface area contributed by atoms with E-state index in [2.05, 4.69) is 16.3 Å². The third kappa shape index (κ3) is 4.36. The average molecular weight is 375 g/mol. The third-order valence-corrected chi connectivity index (χ3v) is 4.48. The fraction of sp³-hybridized carbons (Fsp3) is 0.222. The van der Waals surface area contributed by atoms with Crippen molar-refractivity contribution in [3.05, 3.63) is 58.1 Å². The van der Waals surface area contributed by atoms with Crippen LogP contribution in [0.3, 0.4) is 0 Å². The van der Waals surface area contributed by atoms with Crippen molar-refractivity contribution in [3.63, 3.8) is 0 Å². The lowest BCUT2D eigenvalue weighted by Crippen LogP contribution is -2.50. The van der Waals surface area contributed by atoms with Crippen molar-refractivity contribution in [1.29, 1.82) is 5.26 Å². The maximum Gasteiger partial charge on any atom is 0.321 e. The number of hydrogen-bond donors (Lipinski definition) is 1. The van der Waals surface area contributed by atoms with Gasteiger partial charge in [0.2, 0.25) is 0 Å². The quantitative estimate of drug-likeness (QED) is 0.855. The van der Waals surface area contributed by atoms with Crippen LogP contribution in [0, 0.1) is 11.3 Å². The van der Waals surface area contributed by atoms with Crippen LogP contribution in [0.25, 0.3) is 0 Å². The first-order valence-corrected chi connectivity index (χ1v) is 8.58. The number of nitrogens with one attached hydrogen (secondary N) is 1. The number of urea groups is 1. The second-order valence-corrected chi connectivity index (χ2v) is 6.59. The van der Waals surface area contributed by atoms with Gasteiger partial charge in [0.15, 0.2) is 0 Å². The highest BCUT2D eigenvalue weighted by molar-refractivity contribution is 6.35. The zero-order chi connectivity index (χ0) is 17.8. The molecule has 1 saturated heterocycles. The van der Waals surface area contributed by atoms with Crippen LogP contribution in [0.4, 0.5) is 16.2 Å². The van der Waals surface area contributed by atoms with E-state index in [9.17, 15) is 4.79 Å². The number of amides is 2. The summed E-state index contributed by atoms with van der Waals surface area (Å²) >= 11 is 12.1. The molecule has 3 rings (SSSR count). The maximum atomic E-state index is 12.4. The number of nitrogens with zero attached hydrogens (tertiary/aromatic N) is 3. The molecule has 0 aliphatic carbocycles. The van der Waals surface area contributed by atoms with Crippen LogP contribution in [-0.4, -0.2) is 37.1 Å². The number of halogens is 2. The van der Waals surface area contributed by atoms with Crippen LogP contribution in [0.2, 0.25) is 10.0 Å². The SMILES string of the molecule is N#Cc1ccc(NC(=O)N2CCN(c3cc(Cl)cc(Cl)c3)CC2)cc1. The van der Waals surface area contributed by atoms with E-state index in [0.717, 1.165) is 5.69 Å². The summed E-state index contributed by atoms with van der Waals surface area (Å²) in [6.45, 7) is 2.62. The first-order chi connectivity index (χ1) is 12.0. The Balaban J connectivity index is 1.57. The normalized spacial score (nSPS) is 14.1. The van der Waals surface area contributed by atoms with E-state index < -0.39 is 0 Å². The van der Waals surface area contributed by atoms with Crippen LogP contribution in [0.5, 0.6) is 0 Å². The number of anilines is 2. The predicted molar refractivity (Wildman–Crippen MR) is 100 cm³/mol. The minimum atomic E-state index is -0.145. The number of carbonyl (C=O) groups excluding carboxylic acids is 1. The van der Waals surface area contributed by atoms with Gasteiger partial charge in [-0.15, -0.1) is 0 Å². The lowest BCUT2D eigenvalue weighted by Gasteiger charge is -2.36. The first-order valence-electron chi connectivity index (χ1n) is 7.82. The maximum absolute atomic E-state index is 12.4. The summed E-state index contributed by atoms with van der Waals surface area (Å²) in [4.78, 5) is 16.3. The van der Waals surface area contributed by atoms with Crippen molar-refractivity contribution in [2.45, 2.75) is 0 Å². The van der Waals surface area contributed by atoms with Crippen molar-refractivity contribution < 1.29 is 4.79 Å². The molecule has 1 aliphatic rings. The Morgan fingerprint density at radius 3 is 2.16 bits per heavy atom. The molecule has 128 valence electrons. The summed E-state index contributed by atoms with van der Waals surface area (Å²) in [5, 5.41) is 12.9. The second-order valence-electron chi connectivity index (χ2n) is 5.72. The molecule has 1 heterocycles. The fourth-order valence-electron chi connectivity index (χ4n) is 2.72. The fourth-order valence-corrected chi connectivity index (χ4v) is 3.23. The van der Waals surface area contributed by atoms with Gasteiger partial charge < -0.3 is 15.1 Å². The van der Waals surface area contributed by atoms with E-state index in [1.165, 1.54) is 0 Å². The smallest absolute Gasteiger partial charge is 0.321 e. The molecule has 5 nitrogen and oxygen atoms in total. The van der Waals surface area contributed by atoms with E-state index >= 15 is 0 Å². The number of piperazine rings is 1. The van der Waals surface area contributed by atoms with Gasteiger partial charge in [-0.2, -0.15) is 5.26 Å². The molecule has 0 unspecified atom stereocenters. The molecule has 0 saturated carbocycles. The second kappa shape index (κ2) is 7.64. The molecular formula is C18H16Cl2N4O. The van der Waals surface area contributed by atoms with Gasteiger partial charge in [-0.1, -0.05) is 23.2 Å². The van der Waals surface area contributed by atoms with Crippen LogP contribution in [-0.2, 0) is 0 Å². The number of rotatable bonds is 2. The monoisotopic (exact) mass is 374 g/mol. The van der Waals surface area contributed by atoms with Gasteiger partial charge in [0.05, 0.1) is 11.6 Å². The summed E-state index contributed by atoms with van der Waals surface area (Å²) < 4.78 is 0. The van der Waals surface area contributed by atoms with Gasteiger partial charge in [0.1, 0.15) is 0 Å². The molecule has 0 bridgehead atoms. The van der Waals surface area contributed by atoms with Gasteiger partial charge in [-0.3, -0.25) is 0 Å². The van der Waals surface area contributed by atoms with Gasteiger partial charge in [-0.05, 0) is 42.5 Å². The zero-order valence-electron chi connectivity index (χ0n) is 13.4. The van der Waals surface area contributed by atoms with E-state index in [0.29, 0.717) is 47.5 Å². The van der Waals surface area contributed by atoms with E-state index in [-0.39, 0.29) is 6.03 Å². The average Bonchev–Trinajstić information content (AvgIpc) is 2.61. The standard InChI is InChI=1S/C18H16Cl2N4O/c19-14-9-15(20)11-17(10-14)23-5-7-24(8-6-23)18(25)22-16-3-1-13(12-21)2-4-16/h1-4,9-11H,5-8H2,(H,22,25). The molecule has 1 N–H and O–H groups in total. The van der Waals surface area contributed by atoms with E-state index in [1.54, 1.807) is 35.2 Å². The highest BCUT2D eigenvalue weighted by atomic mass is 35.5. The Labute approximate surface area is 156 Å². The molecule has 25 heavy (non-hydrogen) atoms. The summed E-state index contributed by atoms with van der Waals surface area (Å²) in [6.07, 6.45) is 0. The molecule has 1 aliphatic heterocycles. The largest absolute Gasteiger partial charge is 0.368 e. The Bertz CT molecular complexity index is 789. The predicted octanol–water partition coefficient (Wildman–Crippen LogP) is 4.22. The van der Waals surface area contributed by atoms with Gasteiger partial charge in [0, 0.05) is 47.6 Å². The Morgan fingerprint density at radius 1 is 1.00 bits per heavy atom. The van der Waals surface area contributed by atoms with Crippen molar-refractivity contribution in [3.8, 4) is 6.07 Å². The molecule has 0 spiro atoms. The number of nitriles is 1. The topological polar surface area (TPSA) is 59.4 Å². The van der Waals surface area contributed by atoms with Crippen molar-refractivity contribution in [2.75, 3.05) is 36.4 Å². The molecule has 2 amide bonds. The van der Waals surface area contributed by atoms with Crippen molar-refractivity contribution >= 4 is 40.6 Å². The number of hydrogen-bond acceptors (Lipinski definition) is 3. The van der Waals surface area contributed by atoms with E-state index in [1.807, 2.05) is 12.1 Å². The summed E-state index contributed by atoms with van der Waals surface area (Å²) in [5.41, 5.74) is 2.20. The van der Waals surface area contributed by atoms with Crippen LogP contribution >= 0.6 is 23.2 Å². The van der Waals surface area contributed by atoms with Crippen molar-refractivity contribution in [1.82, 2.24) is 4.90 Å². The Kier molecular flexibility index (Phi) is 5.32. The van der Waals surface area contributed by atoms with Gasteiger partial charge >= 0.3 is 6.03 Å². The highest BCUT2D eigenvalue weighted by Crippen LogP contribution is 2.26. The Morgan fingerprint density at radius 2 is 1.60 bits per heavy atom. The Hall–Kier alpha value is -2.42. The minimum absolute atomic E-state index is 0.145.